The predicted molar refractivity (Wildman–Crippen MR) is 94.7 cm³/mol. The van der Waals surface area contributed by atoms with Crippen molar-refractivity contribution >= 4 is 26.7 Å². The Bertz CT molecular complexity index is 1030. The molecule has 0 amide bonds. The molecular formula is C17H18N4O4S. The van der Waals surface area contributed by atoms with Crippen LogP contribution < -0.4 is 10.5 Å². The molecule has 3 aromatic rings. The van der Waals surface area contributed by atoms with Crippen LogP contribution in [0, 0.1) is 0 Å². The van der Waals surface area contributed by atoms with Gasteiger partial charge in [0.2, 0.25) is 15.7 Å². The minimum Gasteiger partial charge on any atom is -0.473 e. The number of anilines is 1. The molecule has 9 heteroatoms. The second-order valence-electron chi connectivity index (χ2n) is 6.02. The molecule has 1 saturated heterocycles. The lowest BCUT2D eigenvalue weighted by Gasteiger charge is -2.22. The molecular weight excluding hydrogens is 356 g/mol. The Morgan fingerprint density at radius 3 is 2.62 bits per heavy atom. The molecule has 3 N–H and O–H groups in total. The lowest BCUT2D eigenvalue weighted by atomic mass is 10.1. The summed E-state index contributed by atoms with van der Waals surface area (Å²) in [6, 6.07) is 8.11. The van der Waals surface area contributed by atoms with Gasteiger partial charge in [-0.3, -0.25) is 0 Å². The van der Waals surface area contributed by atoms with E-state index in [2.05, 4.69) is 15.0 Å². The summed E-state index contributed by atoms with van der Waals surface area (Å²) in [5.41, 5.74) is 6.61. The van der Waals surface area contributed by atoms with Gasteiger partial charge in [0.25, 0.3) is 0 Å². The fourth-order valence-electron chi connectivity index (χ4n) is 3.00. The molecule has 0 saturated carbocycles. The van der Waals surface area contributed by atoms with Crippen molar-refractivity contribution in [3.63, 3.8) is 0 Å². The highest BCUT2D eigenvalue weighted by atomic mass is 32.2. The molecule has 136 valence electrons. The summed E-state index contributed by atoms with van der Waals surface area (Å²) in [7, 11) is -3.82. The molecule has 2 aromatic heterocycles. The van der Waals surface area contributed by atoms with Crippen LogP contribution >= 0.6 is 0 Å². The van der Waals surface area contributed by atoms with Crippen LogP contribution in [0.25, 0.3) is 11.0 Å². The topological polar surface area (TPSA) is 120 Å². The Morgan fingerprint density at radius 1 is 1.15 bits per heavy atom. The van der Waals surface area contributed by atoms with Crippen LogP contribution in [0.2, 0.25) is 0 Å². The van der Waals surface area contributed by atoms with Gasteiger partial charge in [-0.2, -0.15) is 4.98 Å². The molecule has 0 bridgehead atoms. The van der Waals surface area contributed by atoms with Gasteiger partial charge in [-0.15, -0.1) is 0 Å². The maximum absolute atomic E-state index is 13.0. The molecule has 8 nitrogen and oxygen atoms in total. The monoisotopic (exact) mass is 374 g/mol. The summed E-state index contributed by atoms with van der Waals surface area (Å²) in [6.07, 6.45) is 2.74. The van der Waals surface area contributed by atoms with Crippen LogP contribution in [0.15, 0.2) is 46.5 Å². The lowest BCUT2D eigenvalue weighted by Crippen LogP contribution is -2.26. The zero-order chi connectivity index (χ0) is 18.1. The van der Waals surface area contributed by atoms with Gasteiger partial charge in [-0.1, -0.05) is 18.2 Å². The average Bonchev–Trinajstić information content (AvgIpc) is 3.01. The largest absolute Gasteiger partial charge is 0.473 e. The van der Waals surface area contributed by atoms with Crippen molar-refractivity contribution < 1.29 is 17.9 Å². The Morgan fingerprint density at radius 2 is 1.88 bits per heavy atom. The van der Waals surface area contributed by atoms with E-state index in [1.165, 1.54) is 18.5 Å². The normalized spacial score (nSPS) is 16.0. The van der Waals surface area contributed by atoms with Crippen LogP contribution in [-0.2, 0) is 14.6 Å². The third kappa shape index (κ3) is 2.89. The van der Waals surface area contributed by atoms with E-state index in [4.69, 9.17) is 15.2 Å². The highest BCUT2D eigenvalue weighted by Crippen LogP contribution is 2.35. The lowest BCUT2D eigenvalue weighted by molar-refractivity contribution is 0.0243. The number of fused-ring (bicyclic) bond motifs is 1. The van der Waals surface area contributed by atoms with E-state index in [0.29, 0.717) is 24.6 Å². The highest BCUT2D eigenvalue weighted by molar-refractivity contribution is 7.92. The van der Waals surface area contributed by atoms with Crippen LogP contribution in [0.1, 0.15) is 12.8 Å². The first-order chi connectivity index (χ1) is 12.6. The van der Waals surface area contributed by atoms with Gasteiger partial charge < -0.3 is 20.2 Å². The van der Waals surface area contributed by atoms with E-state index in [1.807, 2.05) is 0 Å². The molecule has 26 heavy (non-hydrogen) atoms. The summed E-state index contributed by atoms with van der Waals surface area (Å²) >= 11 is 0. The van der Waals surface area contributed by atoms with E-state index in [0.717, 1.165) is 12.8 Å². The second kappa shape index (κ2) is 6.58. The first kappa shape index (κ1) is 16.8. The molecule has 1 aliphatic heterocycles. The van der Waals surface area contributed by atoms with Crippen molar-refractivity contribution in [1.29, 1.82) is 0 Å². The minimum absolute atomic E-state index is 0.0150. The van der Waals surface area contributed by atoms with Crippen LogP contribution in [0.4, 0.5) is 5.82 Å². The molecule has 0 unspecified atom stereocenters. The van der Waals surface area contributed by atoms with Crippen molar-refractivity contribution in [1.82, 2.24) is 15.0 Å². The molecule has 1 aromatic carbocycles. The number of aromatic nitrogens is 3. The van der Waals surface area contributed by atoms with E-state index in [9.17, 15) is 8.42 Å². The third-order valence-corrected chi connectivity index (χ3v) is 6.14. The second-order valence-corrected chi connectivity index (χ2v) is 7.90. The van der Waals surface area contributed by atoms with Crippen molar-refractivity contribution in [3.05, 3.63) is 36.7 Å². The molecule has 0 radical (unpaired) electrons. The number of hydrogen-bond donors (Lipinski definition) is 2. The molecule has 0 spiro atoms. The average molecular weight is 374 g/mol. The molecule has 1 aliphatic rings. The molecule has 0 atom stereocenters. The fraction of sp³-hybridized carbons (Fsp3) is 0.294. The number of rotatable bonds is 4. The van der Waals surface area contributed by atoms with E-state index in [-0.39, 0.29) is 27.2 Å². The van der Waals surface area contributed by atoms with Crippen LogP contribution in [0.3, 0.4) is 0 Å². The quantitative estimate of drug-likeness (QED) is 0.716. The van der Waals surface area contributed by atoms with Gasteiger partial charge in [0, 0.05) is 12.8 Å². The first-order valence-corrected chi connectivity index (χ1v) is 9.72. The summed E-state index contributed by atoms with van der Waals surface area (Å²) < 4.78 is 37.3. The smallest absolute Gasteiger partial charge is 0.241 e. The summed E-state index contributed by atoms with van der Waals surface area (Å²) in [5, 5.41) is 0. The zero-order valence-corrected chi connectivity index (χ0v) is 14.7. The molecule has 4 rings (SSSR count). The van der Waals surface area contributed by atoms with Crippen molar-refractivity contribution in [2.24, 2.45) is 0 Å². The van der Waals surface area contributed by atoms with Crippen LogP contribution in [0.5, 0.6) is 5.88 Å². The molecule has 1 fully saturated rings. The minimum atomic E-state index is -3.82. The van der Waals surface area contributed by atoms with Gasteiger partial charge in [-0.25, -0.2) is 13.4 Å². The van der Waals surface area contributed by atoms with Gasteiger partial charge in [0.1, 0.15) is 34.2 Å². The van der Waals surface area contributed by atoms with Crippen molar-refractivity contribution in [3.8, 4) is 5.88 Å². The molecule has 0 aliphatic carbocycles. The van der Waals surface area contributed by atoms with E-state index in [1.54, 1.807) is 18.2 Å². The van der Waals surface area contributed by atoms with Crippen molar-refractivity contribution in [2.75, 3.05) is 18.9 Å². The maximum atomic E-state index is 13.0. The van der Waals surface area contributed by atoms with Gasteiger partial charge in [0.05, 0.1) is 18.1 Å². The Hall–Kier alpha value is -2.65. The number of aromatic amines is 1. The number of nitrogens with one attached hydrogen (secondary N) is 1. The predicted octanol–water partition coefficient (Wildman–Crippen LogP) is 1.93. The summed E-state index contributed by atoms with van der Waals surface area (Å²) in [4.78, 5) is 11.3. The van der Waals surface area contributed by atoms with Gasteiger partial charge in [0.15, 0.2) is 0 Å². The summed E-state index contributed by atoms with van der Waals surface area (Å²) in [6.45, 7) is 1.25. The number of sulfone groups is 1. The van der Waals surface area contributed by atoms with Crippen LogP contribution in [-0.4, -0.2) is 42.7 Å². The number of benzene rings is 1. The Balaban J connectivity index is 1.80. The highest BCUT2D eigenvalue weighted by Gasteiger charge is 2.28. The Labute approximate surface area is 150 Å². The number of ether oxygens (including phenoxy) is 2. The SMILES string of the molecule is Nc1[nH]c2c(OC3CCOCC3)ncnc2c1S(=O)(=O)c1ccccc1. The number of nitrogens with zero attached hydrogens (tertiary/aromatic N) is 2. The summed E-state index contributed by atoms with van der Waals surface area (Å²) in [5.74, 6) is 0.310. The van der Waals surface area contributed by atoms with E-state index < -0.39 is 9.84 Å². The maximum Gasteiger partial charge on any atom is 0.241 e. The van der Waals surface area contributed by atoms with Gasteiger partial charge >= 0.3 is 0 Å². The molecule has 3 heterocycles. The first-order valence-electron chi connectivity index (χ1n) is 8.24. The number of nitrogen functional groups attached to an aromatic ring is 1. The standard InChI is InChI=1S/C17H18N4O4S/c18-16-15(26(22,23)12-4-2-1-3-5-12)13-14(21-16)17(20-10-19-13)25-11-6-8-24-9-7-11/h1-5,10-11,21H,6-9,18H2. The van der Waals surface area contributed by atoms with E-state index >= 15 is 0 Å². The number of nitrogens with two attached hydrogens (primary N) is 1. The number of H-pyrrole nitrogens is 1. The number of hydrogen-bond acceptors (Lipinski definition) is 7. The van der Waals surface area contributed by atoms with Gasteiger partial charge in [-0.05, 0) is 12.1 Å². The fourth-order valence-corrected chi connectivity index (χ4v) is 4.50. The third-order valence-electron chi connectivity index (χ3n) is 4.30. The Kier molecular flexibility index (Phi) is 4.25. The van der Waals surface area contributed by atoms with Crippen molar-refractivity contribution in [2.45, 2.75) is 28.7 Å². The zero-order valence-electron chi connectivity index (χ0n) is 13.9.